The highest BCUT2D eigenvalue weighted by Gasteiger charge is 2.08. The van der Waals surface area contributed by atoms with Crippen molar-refractivity contribution in [2.45, 2.75) is 13.5 Å². The molecule has 0 radical (unpaired) electrons. The fourth-order valence-electron chi connectivity index (χ4n) is 1.49. The van der Waals surface area contributed by atoms with Crippen LogP contribution in [0, 0.1) is 6.92 Å². The molecule has 0 aliphatic heterocycles. The maximum Gasteiger partial charge on any atom is 0.233 e. The number of rotatable bonds is 3. The summed E-state index contributed by atoms with van der Waals surface area (Å²) in [6, 6.07) is 8.32. The SMILES string of the molecule is Cc1ccccc1CN(C)c1nc(N)ns1. The normalized spacial score (nSPS) is 10.4. The van der Waals surface area contributed by atoms with Crippen molar-refractivity contribution >= 4 is 22.6 Å². The van der Waals surface area contributed by atoms with E-state index >= 15 is 0 Å². The summed E-state index contributed by atoms with van der Waals surface area (Å²) in [5.74, 6) is 0.344. The molecule has 0 amide bonds. The van der Waals surface area contributed by atoms with E-state index in [1.807, 2.05) is 19.2 Å². The summed E-state index contributed by atoms with van der Waals surface area (Å²) in [7, 11) is 1.99. The fourth-order valence-corrected chi connectivity index (χ4v) is 2.05. The first-order valence-corrected chi connectivity index (χ1v) is 5.79. The molecule has 0 bridgehead atoms. The molecule has 1 heterocycles. The third-order valence-corrected chi connectivity index (χ3v) is 3.27. The lowest BCUT2D eigenvalue weighted by Crippen LogP contribution is -2.16. The molecule has 0 saturated carbocycles. The van der Waals surface area contributed by atoms with Crippen molar-refractivity contribution in [1.29, 1.82) is 0 Å². The summed E-state index contributed by atoms with van der Waals surface area (Å²) < 4.78 is 3.97. The monoisotopic (exact) mass is 234 g/mol. The van der Waals surface area contributed by atoms with Crippen LogP contribution in [0.1, 0.15) is 11.1 Å². The second-order valence-electron chi connectivity index (χ2n) is 3.72. The number of hydrogen-bond donors (Lipinski definition) is 1. The predicted octanol–water partition coefficient (Wildman–Crippen LogP) is 2.07. The lowest BCUT2D eigenvalue weighted by molar-refractivity contribution is 0.907. The number of benzene rings is 1. The number of nitrogens with two attached hydrogens (primary N) is 1. The second-order valence-corrected chi connectivity index (χ2v) is 4.45. The molecule has 1 aromatic heterocycles. The van der Waals surface area contributed by atoms with Gasteiger partial charge in [-0.1, -0.05) is 24.3 Å². The highest BCUT2D eigenvalue weighted by Crippen LogP contribution is 2.19. The Morgan fingerprint density at radius 3 is 2.75 bits per heavy atom. The first-order chi connectivity index (χ1) is 7.66. The van der Waals surface area contributed by atoms with Crippen LogP contribution >= 0.6 is 11.5 Å². The Bertz CT molecular complexity index is 480. The van der Waals surface area contributed by atoms with Crippen LogP contribution < -0.4 is 10.6 Å². The van der Waals surface area contributed by atoms with Crippen LogP contribution in [-0.4, -0.2) is 16.4 Å². The van der Waals surface area contributed by atoms with Gasteiger partial charge in [0.2, 0.25) is 11.1 Å². The third-order valence-electron chi connectivity index (χ3n) is 2.43. The summed E-state index contributed by atoms with van der Waals surface area (Å²) in [6.45, 7) is 2.93. The molecule has 0 aliphatic rings. The molecule has 16 heavy (non-hydrogen) atoms. The van der Waals surface area contributed by atoms with Gasteiger partial charge in [0.1, 0.15) is 0 Å². The summed E-state index contributed by atoms with van der Waals surface area (Å²) >= 11 is 1.32. The third kappa shape index (κ3) is 2.30. The van der Waals surface area contributed by atoms with E-state index < -0.39 is 0 Å². The molecule has 4 nitrogen and oxygen atoms in total. The minimum atomic E-state index is 0.344. The van der Waals surface area contributed by atoms with Crippen LogP contribution in [0.15, 0.2) is 24.3 Å². The molecule has 5 heteroatoms. The van der Waals surface area contributed by atoms with Crippen LogP contribution in [0.2, 0.25) is 0 Å². The van der Waals surface area contributed by atoms with Gasteiger partial charge in [0.25, 0.3) is 0 Å². The zero-order valence-electron chi connectivity index (χ0n) is 9.34. The molecule has 1 aromatic carbocycles. The number of nitrogens with zero attached hydrogens (tertiary/aromatic N) is 3. The molecule has 84 valence electrons. The van der Waals surface area contributed by atoms with Crippen molar-refractivity contribution in [3.63, 3.8) is 0 Å². The Hall–Kier alpha value is -1.62. The second kappa shape index (κ2) is 4.49. The fraction of sp³-hybridized carbons (Fsp3) is 0.273. The molecular formula is C11H14N4S. The predicted molar refractivity (Wildman–Crippen MR) is 67.6 cm³/mol. The van der Waals surface area contributed by atoms with E-state index in [0.29, 0.717) is 5.95 Å². The highest BCUT2D eigenvalue weighted by atomic mass is 32.1. The molecule has 0 fully saturated rings. The lowest BCUT2D eigenvalue weighted by atomic mass is 10.1. The topological polar surface area (TPSA) is 55.0 Å². The molecule has 0 saturated heterocycles. The first-order valence-electron chi connectivity index (χ1n) is 5.01. The Kier molecular flexibility index (Phi) is 3.05. The number of aromatic nitrogens is 2. The smallest absolute Gasteiger partial charge is 0.233 e. The van der Waals surface area contributed by atoms with Crippen LogP contribution in [-0.2, 0) is 6.54 Å². The van der Waals surface area contributed by atoms with Gasteiger partial charge in [-0.2, -0.15) is 9.36 Å². The molecule has 2 N–H and O–H groups in total. The molecule has 2 aromatic rings. The van der Waals surface area contributed by atoms with Crippen molar-refractivity contribution in [1.82, 2.24) is 9.36 Å². The van der Waals surface area contributed by atoms with Gasteiger partial charge in [-0.25, -0.2) is 0 Å². The molecule has 2 rings (SSSR count). The summed E-state index contributed by atoms with van der Waals surface area (Å²) in [6.07, 6.45) is 0. The number of aryl methyl sites for hydroxylation is 1. The van der Waals surface area contributed by atoms with Crippen LogP contribution in [0.25, 0.3) is 0 Å². The summed E-state index contributed by atoms with van der Waals surface area (Å²) in [4.78, 5) is 6.20. The van der Waals surface area contributed by atoms with Gasteiger partial charge < -0.3 is 10.6 Å². The van der Waals surface area contributed by atoms with Crippen molar-refractivity contribution in [3.05, 3.63) is 35.4 Å². The zero-order chi connectivity index (χ0) is 11.5. The van der Waals surface area contributed by atoms with Crippen LogP contribution in [0.5, 0.6) is 0 Å². The van der Waals surface area contributed by atoms with E-state index in [2.05, 4.69) is 33.3 Å². The average molecular weight is 234 g/mol. The van der Waals surface area contributed by atoms with Gasteiger partial charge in [0, 0.05) is 25.1 Å². The van der Waals surface area contributed by atoms with Gasteiger partial charge >= 0.3 is 0 Å². The lowest BCUT2D eigenvalue weighted by Gasteiger charge is -2.16. The van der Waals surface area contributed by atoms with Gasteiger partial charge in [0.05, 0.1) is 0 Å². The number of anilines is 2. The Morgan fingerprint density at radius 2 is 2.12 bits per heavy atom. The van der Waals surface area contributed by atoms with E-state index in [9.17, 15) is 0 Å². The van der Waals surface area contributed by atoms with Crippen LogP contribution in [0.3, 0.4) is 0 Å². The number of hydrogen-bond acceptors (Lipinski definition) is 5. The zero-order valence-corrected chi connectivity index (χ0v) is 10.2. The van der Waals surface area contributed by atoms with E-state index in [1.165, 1.54) is 22.7 Å². The van der Waals surface area contributed by atoms with Gasteiger partial charge in [-0.3, -0.25) is 0 Å². The summed E-state index contributed by atoms with van der Waals surface area (Å²) in [5, 5.41) is 0.848. The van der Waals surface area contributed by atoms with E-state index in [0.717, 1.165) is 11.7 Å². The largest absolute Gasteiger partial charge is 0.367 e. The Labute approximate surface area is 98.9 Å². The first kappa shape index (κ1) is 10.9. The standard InChI is InChI=1S/C11H14N4S/c1-8-5-3-4-6-9(8)7-15(2)11-13-10(12)14-16-11/h3-6H,7H2,1-2H3,(H2,12,14). The van der Waals surface area contributed by atoms with E-state index in [-0.39, 0.29) is 0 Å². The molecule has 0 aliphatic carbocycles. The van der Waals surface area contributed by atoms with Crippen molar-refractivity contribution in [2.75, 3.05) is 17.7 Å². The van der Waals surface area contributed by atoms with Crippen molar-refractivity contribution in [3.8, 4) is 0 Å². The summed E-state index contributed by atoms with van der Waals surface area (Å²) in [5.41, 5.74) is 8.08. The molecule has 0 atom stereocenters. The van der Waals surface area contributed by atoms with Gasteiger partial charge in [0.15, 0.2) is 0 Å². The minimum Gasteiger partial charge on any atom is -0.367 e. The Balaban J connectivity index is 2.13. The van der Waals surface area contributed by atoms with Gasteiger partial charge in [-0.05, 0) is 18.1 Å². The molecular weight excluding hydrogens is 220 g/mol. The van der Waals surface area contributed by atoms with E-state index in [1.54, 1.807) is 0 Å². The average Bonchev–Trinajstić information content (AvgIpc) is 2.68. The van der Waals surface area contributed by atoms with Crippen molar-refractivity contribution in [2.24, 2.45) is 0 Å². The highest BCUT2D eigenvalue weighted by molar-refractivity contribution is 7.09. The van der Waals surface area contributed by atoms with E-state index in [4.69, 9.17) is 5.73 Å². The Morgan fingerprint density at radius 1 is 1.38 bits per heavy atom. The maximum absolute atomic E-state index is 5.50. The quantitative estimate of drug-likeness (QED) is 0.883. The van der Waals surface area contributed by atoms with Crippen molar-refractivity contribution < 1.29 is 0 Å². The van der Waals surface area contributed by atoms with Crippen LogP contribution in [0.4, 0.5) is 11.1 Å². The number of nitrogen functional groups attached to an aromatic ring is 1. The molecule has 0 unspecified atom stereocenters. The maximum atomic E-state index is 5.50. The molecule has 0 spiro atoms. The minimum absolute atomic E-state index is 0.344. The van der Waals surface area contributed by atoms with Gasteiger partial charge in [-0.15, -0.1) is 0 Å².